The van der Waals surface area contributed by atoms with E-state index in [2.05, 4.69) is 179 Å². The molecule has 0 saturated carbocycles. The Hall–Kier alpha value is -5.64. The molecule has 2 nitrogen and oxygen atoms in total. The van der Waals surface area contributed by atoms with Gasteiger partial charge in [0.1, 0.15) is 0 Å². The van der Waals surface area contributed by atoms with Gasteiger partial charge in [0.2, 0.25) is 0 Å². The maximum atomic E-state index is 2.44. The van der Waals surface area contributed by atoms with Crippen molar-refractivity contribution in [1.29, 1.82) is 0 Å². The largest absolute Gasteiger partial charge is 0.309 e. The first-order valence-corrected chi connectivity index (χ1v) is 16.1. The van der Waals surface area contributed by atoms with Gasteiger partial charge in [0, 0.05) is 47.8 Å². The summed E-state index contributed by atoms with van der Waals surface area (Å²) in [5.41, 5.74) is 9.38. The predicted octanol–water partition coefficient (Wildman–Crippen LogP) is 12.3. The first-order valence-electron chi connectivity index (χ1n) is 15.3. The molecule has 3 heteroatoms. The van der Waals surface area contributed by atoms with Gasteiger partial charge in [-0.1, -0.05) is 115 Å². The lowest BCUT2D eigenvalue weighted by molar-refractivity contribution is 1.18. The zero-order valence-corrected chi connectivity index (χ0v) is 25.3. The third-order valence-corrected chi connectivity index (χ3v) is 9.93. The van der Waals surface area contributed by atoms with Crippen LogP contribution in [0.1, 0.15) is 0 Å². The topological polar surface area (TPSA) is 8.17 Å². The minimum absolute atomic E-state index is 1.13. The molecular formula is C42H28N2S. The van der Waals surface area contributed by atoms with Crippen LogP contribution in [0.3, 0.4) is 0 Å². The van der Waals surface area contributed by atoms with Crippen LogP contribution < -0.4 is 4.90 Å². The van der Waals surface area contributed by atoms with Crippen molar-refractivity contribution in [3.63, 3.8) is 0 Å². The fraction of sp³-hybridized carbons (Fsp3) is 0. The van der Waals surface area contributed by atoms with E-state index in [1.54, 1.807) is 0 Å². The SMILES string of the molecule is c1ccc(N(c2ccccc2-c2ccccc2-n2c3ccccc3c3ccccc32)c2cccc3sc4ccccc4c23)cc1. The van der Waals surface area contributed by atoms with Gasteiger partial charge in [-0.3, -0.25) is 0 Å². The summed E-state index contributed by atoms with van der Waals surface area (Å²) in [6.45, 7) is 0. The molecule has 0 saturated heterocycles. The average Bonchev–Trinajstić information content (AvgIpc) is 3.66. The summed E-state index contributed by atoms with van der Waals surface area (Å²) < 4.78 is 5.02. The van der Waals surface area contributed by atoms with Crippen molar-refractivity contribution in [2.45, 2.75) is 0 Å². The van der Waals surface area contributed by atoms with Gasteiger partial charge in [-0.2, -0.15) is 0 Å². The summed E-state index contributed by atoms with van der Waals surface area (Å²) in [5, 5.41) is 5.10. The van der Waals surface area contributed by atoms with Crippen molar-refractivity contribution in [2.75, 3.05) is 4.90 Å². The molecule has 212 valence electrons. The number of aromatic nitrogens is 1. The maximum absolute atomic E-state index is 2.44. The number of hydrogen-bond donors (Lipinski definition) is 0. The van der Waals surface area contributed by atoms with Crippen molar-refractivity contribution in [3.8, 4) is 16.8 Å². The molecule has 0 aliphatic heterocycles. The number of para-hydroxylation sites is 5. The molecular weight excluding hydrogens is 565 g/mol. The van der Waals surface area contributed by atoms with E-state index in [1.807, 2.05) is 11.3 Å². The second-order valence-electron chi connectivity index (χ2n) is 11.3. The van der Waals surface area contributed by atoms with Gasteiger partial charge >= 0.3 is 0 Å². The summed E-state index contributed by atoms with van der Waals surface area (Å²) in [6.07, 6.45) is 0. The fourth-order valence-electron chi connectivity index (χ4n) is 6.90. The summed E-state index contributed by atoms with van der Waals surface area (Å²) in [7, 11) is 0. The number of nitrogens with zero attached hydrogens (tertiary/aromatic N) is 2. The Kier molecular flexibility index (Phi) is 6.03. The van der Waals surface area contributed by atoms with Crippen LogP contribution in [0.15, 0.2) is 170 Å². The zero-order valence-electron chi connectivity index (χ0n) is 24.5. The van der Waals surface area contributed by atoms with Crippen LogP contribution in [0.4, 0.5) is 17.1 Å². The molecule has 0 aliphatic carbocycles. The van der Waals surface area contributed by atoms with Gasteiger partial charge < -0.3 is 9.47 Å². The van der Waals surface area contributed by atoms with Gasteiger partial charge in [-0.15, -0.1) is 11.3 Å². The number of thiophene rings is 1. The standard InChI is InChI=1S/C42H28N2S/c1-2-15-29(16-3-1)43(39-26-14-28-41-42(39)34-21-8-13-27-40(34)45-41)35-22-9-4-17-30(35)31-18-5-10-23-36(31)44-37-24-11-6-19-32(37)33-20-7-12-25-38(33)44/h1-28H. The van der Waals surface area contributed by atoms with E-state index >= 15 is 0 Å². The molecule has 0 amide bonds. The molecule has 0 spiro atoms. The highest BCUT2D eigenvalue weighted by Gasteiger charge is 2.23. The summed E-state index contributed by atoms with van der Waals surface area (Å²) in [4.78, 5) is 2.44. The number of fused-ring (bicyclic) bond motifs is 6. The number of rotatable bonds is 5. The second kappa shape index (κ2) is 10.5. The lowest BCUT2D eigenvalue weighted by Gasteiger charge is -2.29. The minimum Gasteiger partial charge on any atom is -0.309 e. The third kappa shape index (κ3) is 4.09. The molecule has 45 heavy (non-hydrogen) atoms. The Morgan fingerprint density at radius 3 is 1.73 bits per heavy atom. The monoisotopic (exact) mass is 592 g/mol. The molecule has 0 fully saturated rings. The lowest BCUT2D eigenvalue weighted by atomic mass is 9.99. The van der Waals surface area contributed by atoms with E-state index in [1.165, 1.54) is 58.8 Å². The van der Waals surface area contributed by atoms with Gasteiger partial charge in [-0.25, -0.2) is 0 Å². The minimum atomic E-state index is 1.13. The van der Waals surface area contributed by atoms with E-state index in [-0.39, 0.29) is 0 Å². The van der Waals surface area contributed by atoms with Gasteiger partial charge in [0.05, 0.1) is 28.1 Å². The Morgan fingerprint density at radius 1 is 0.400 bits per heavy atom. The van der Waals surface area contributed by atoms with E-state index < -0.39 is 0 Å². The van der Waals surface area contributed by atoms with Crippen LogP contribution in [0.5, 0.6) is 0 Å². The van der Waals surface area contributed by atoms with E-state index in [0.29, 0.717) is 0 Å². The van der Waals surface area contributed by atoms with Gasteiger partial charge in [0.25, 0.3) is 0 Å². The zero-order chi connectivity index (χ0) is 29.7. The van der Waals surface area contributed by atoms with Gasteiger partial charge in [-0.05, 0) is 54.6 Å². The summed E-state index contributed by atoms with van der Waals surface area (Å²) in [6, 6.07) is 61.4. The molecule has 0 aliphatic rings. The number of benzene rings is 7. The van der Waals surface area contributed by atoms with Crippen LogP contribution in [0, 0.1) is 0 Å². The van der Waals surface area contributed by atoms with E-state index in [9.17, 15) is 0 Å². The predicted molar refractivity (Wildman–Crippen MR) is 194 cm³/mol. The smallest absolute Gasteiger partial charge is 0.0555 e. The van der Waals surface area contributed by atoms with Crippen molar-refractivity contribution >= 4 is 70.4 Å². The molecule has 0 N–H and O–H groups in total. The second-order valence-corrected chi connectivity index (χ2v) is 12.4. The molecule has 2 heterocycles. The van der Waals surface area contributed by atoms with E-state index in [0.717, 1.165) is 17.1 Å². The molecule has 0 unspecified atom stereocenters. The maximum Gasteiger partial charge on any atom is 0.0555 e. The number of anilines is 3. The van der Waals surface area contributed by atoms with E-state index in [4.69, 9.17) is 0 Å². The molecule has 0 bridgehead atoms. The molecule has 0 radical (unpaired) electrons. The van der Waals surface area contributed by atoms with Crippen molar-refractivity contribution in [3.05, 3.63) is 170 Å². The molecule has 2 aromatic heterocycles. The van der Waals surface area contributed by atoms with Crippen LogP contribution in [-0.4, -0.2) is 4.57 Å². The highest BCUT2D eigenvalue weighted by molar-refractivity contribution is 7.26. The first kappa shape index (κ1) is 25.8. The fourth-order valence-corrected chi connectivity index (χ4v) is 8.03. The molecule has 0 atom stereocenters. The highest BCUT2D eigenvalue weighted by Crippen LogP contribution is 2.48. The van der Waals surface area contributed by atoms with Crippen LogP contribution >= 0.6 is 11.3 Å². The highest BCUT2D eigenvalue weighted by atomic mass is 32.1. The summed E-state index contributed by atoms with van der Waals surface area (Å²) >= 11 is 1.86. The van der Waals surface area contributed by atoms with Gasteiger partial charge in [0.15, 0.2) is 0 Å². The van der Waals surface area contributed by atoms with Crippen molar-refractivity contribution in [1.82, 2.24) is 4.57 Å². The van der Waals surface area contributed by atoms with Crippen molar-refractivity contribution < 1.29 is 0 Å². The quantitative estimate of drug-likeness (QED) is 0.193. The average molecular weight is 593 g/mol. The Labute approximate surface area is 265 Å². The normalized spacial score (nSPS) is 11.6. The Morgan fingerprint density at radius 2 is 0.956 bits per heavy atom. The molecule has 9 aromatic rings. The Balaban J connectivity index is 1.34. The number of hydrogen-bond acceptors (Lipinski definition) is 2. The van der Waals surface area contributed by atoms with Crippen molar-refractivity contribution in [2.24, 2.45) is 0 Å². The summed E-state index contributed by atoms with van der Waals surface area (Å²) in [5.74, 6) is 0. The van der Waals surface area contributed by atoms with Crippen LogP contribution in [-0.2, 0) is 0 Å². The molecule has 9 rings (SSSR count). The van der Waals surface area contributed by atoms with Crippen LogP contribution in [0.25, 0.3) is 58.8 Å². The lowest BCUT2D eigenvalue weighted by Crippen LogP contribution is -2.12. The Bertz CT molecular complexity index is 2450. The first-order chi connectivity index (χ1) is 22.4. The third-order valence-electron chi connectivity index (χ3n) is 8.80. The molecule has 7 aromatic carbocycles. The van der Waals surface area contributed by atoms with Crippen LogP contribution in [0.2, 0.25) is 0 Å².